The Labute approximate surface area is 140 Å². The highest BCUT2D eigenvalue weighted by Crippen LogP contribution is 2.31. The van der Waals surface area contributed by atoms with Gasteiger partial charge in [0.1, 0.15) is 11.8 Å². The molecule has 0 aliphatic carbocycles. The molecule has 0 bridgehead atoms. The number of carbonyl (C=O) groups excluding carboxylic acids is 1. The number of carboxylic acids is 1. The van der Waals surface area contributed by atoms with Crippen molar-refractivity contribution in [2.45, 2.75) is 13.0 Å². The number of rotatable bonds is 6. The monoisotopic (exact) mass is 337 g/mol. The average Bonchev–Trinajstić information content (AvgIpc) is 2.57. The zero-order valence-electron chi connectivity index (χ0n) is 13.9. The number of urea groups is 1. The van der Waals surface area contributed by atoms with Gasteiger partial charge in [0.2, 0.25) is 0 Å². The molecule has 8 nitrogen and oxygen atoms in total. The summed E-state index contributed by atoms with van der Waals surface area (Å²) < 4.78 is 10.6. The molecule has 1 atom stereocenters. The lowest BCUT2D eigenvalue weighted by Gasteiger charge is -2.32. The smallest absolute Gasteiger partial charge is 0.325 e. The maximum Gasteiger partial charge on any atom is 0.325 e. The molecule has 3 N–H and O–H groups in total. The minimum absolute atomic E-state index is 0.341. The molecule has 8 heteroatoms. The van der Waals surface area contributed by atoms with Crippen molar-refractivity contribution in [2.24, 2.45) is 0 Å². The third kappa shape index (κ3) is 4.36. The minimum atomic E-state index is -0.927. The van der Waals surface area contributed by atoms with Crippen LogP contribution in [-0.4, -0.2) is 62.0 Å². The van der Waals surface area contributed by atoms with E-state index in [1.807, 2.05) is 11.8 Å². The summed E-state index contributed by atoms with van der Waals surface area (Å²) in [6.07, 6.45) is 0. The SMILES string of the molecule is CCNC(=O)Nc1ccc([C@H](C(=O)O)N2CCOCC2)cc1OC. The summed E-state index contributed by atoms with van der Waals surface area (Å²) in [5.41, 5.74) is 1.08. The van der Waals surface area contributed by atoms with Crippen LogP contribution in [0.2, 0.25) is 0 Å². The van der Waals surface area contributed by atoms with E-state index in [1.165, 1.54) is 7.11 Å². The van der Waals surface area contributed by atoms with Gasteiger partial charge in [0, 0.05) is 19.6 Å². The summed E-state index contributed by atoms with van der Waals surface area (Å²) in [6, 6.07) is 3.88. The van der Waals surface area contributed by atoms with Gasteiger partial charge in [0.05, 0.1) is 26.0 Å². The number of aliphatic carboxylic acids is 1. The van der Waals surface area contributed by atoms with Crippen LogP contribution < -0.4 is 15.4 Å². The van der Waals surface area contributed by atoms with Gasteiger partial charge in [-0.15, -0.1) is 0 Å². The van der Waals surface area contributed by atoms with Crippen molar-refractivity contribution in [1.82, 2.24) is 10.2 Å². The summed E-state index contributed by atoms with van der Waals surface area (Å²) >= 11 is 0. The topological polar surface area (TPSA) is 100 Å². The third-order valence-electron chi connectivity index (χ3n) is 3.77. The molecule has 1 aliphatic rings. The fourth-order valence-corrected chi connectivity index (χ4v) is 2.65. The number of hydrogen-bond acceptors (Lipinski definition) is 5. The van der Waals surface area contributed by atoms with Crippen molar-refractivity contribution in [2.75, 3.05) is 45.3 Å². The van der Waals surface area contributed by atoms with Crippen LogP contribution >= 0.6 is 0 Å². The van der Waals surface area contributed by atoms with E-state index in [0.717, 1.165) is 0 Å². The van der Waals surface area contributed by atoms with Crippen LogP contribution in [0, 0.1) is 0 Å². The van der Waals surface area contributed by atoms with Crippen LogP contribution in [0.25, 0.3) is 0 Å². The Balaban J connectivity index is 2.25. The van der Waals surface area contributed by atoms with Crippen LogP contribution in [0.5, 0.6) is 5.75 Å². The molecule has 132 valence electrons. The lowest BCUT2D eigenvalue weighted by molar-refractivity contribution is -0.145. The number of anilines is 1. The summed E-state index contributed by atoms with van der Waals surface area (Å²) in [4.78, 5) is 25.3. The highest BCUT2D eigenvalue weighted by Gasteiger charge is 2.29. The summed E-state index contributed by atoms with van der Waals surface area (Å²) in [5.74, 6) is -0.512. The van der Waals surface area contributed by atoms with Gasteiger partial charge in [0.15, 0.2) is 0 Å². The average molecular weight is 337 g/mol. The van der Waals surface area contributed by atoms with Crippen molar-refractivity contribution in [1.29, 1.82) is 0 Å². The highest BCUT2D eigenvalue weighted by atomic mass is 16.5. The Morgan fingerprint density at radius 3 is 2.67 bits per heavy atom. The van der Waals surface area contributed by atoms with E-state index in [9.17, 15) is 14.7 Å². The van der Waals surface area contributed by atoms with Crippen molar-refractivity contribution in [3.8, 4) is 5.75 Å². The third-order valence-corrected chi connectivity index (χ3v) is 3.77. The Hall–Kier alpha value is -2.32. The van der Waals surface area contributed by atoms with Gasteiger partial charge in [-0.1, -0.05) is 6.07 Å². The van der Waals surface area contributed by atoms with E-state index in [1.54, 1.807) is 18.2 Å². The standard InChI is InChI=1S/C16H23N3O5/c1-3-17-16(22)18-12-5-4-11(10-13(12)23-2)14(15(20)21)19-6-8-24-9-7-19/h4-5,10,14H,3,6-9H2,1-2H3,(H,20,21)(H2,17,18,22)/t14-/m1/s1. The Morgan fingerprint density at radius 1 is 1.38 bits per heavy atom. The molecule has 1 aromatic rings. The fourth-order valence-electron chi connectivity index (χ4n) is 2.65. The Bertz CT molecular complexity index is 587. The quantitative estimate of drug-likeness (QED) is 0.723. The maximum absolute atomic E-state index is 11.7. The molecule has 1 fully saturated rings. The normalized spacial score (nSPS) is 16.2. The van der Waals surface area contributed by atoms with Gasteiger partial charge >= 0.3 is 12.0 Å². The first kappa shape index (κ1) is 18.0. The first-order valence-electron chi connectivity index (χ1n) is 7.84. The minimum Gasteiger partial charge on any atom is -0.495 e. The van der Waals surface area contributed by atoms with Gasteiger partial charge < -0.3 is 25.2 Å². The number of morpholine rings is 1. The Morgan fingerprint density at radius 2 is 2.08 bits per heavy atom. The van der Waals surface area contributed by atoms with Gasteiger partial charge in [-0.3, -0.25) is 9.69 Å². The maximum atomic E-state index is 11.7. The van der Waals surface area contributed by atoms with Crippen LogP contribution in [-0.2, 0) is 9.53 Å². The van der Waals surface area contributed by atoms with E-state index >= 15 is 0 Å². The number of benzene rings is 1. The largest absolute Gasteiger partial charge is 0.495 e. The number of methoxy groups -OCH3 is 1. The number of hydrogen-bond donors (Lipinski definition) is 3. The number of nitrogens with one attached hydrogen (secondary N) is 2. The number of carboxylic acid groups (broad SMARTS) is 1. The second-order valence-electron chi connectivity index (χ2n) is 5.33. The van der Waals surface area contributed by atoms with Crippen LogP contribution in [0.3, 0.4) is 0 Å². The van der Waals surface area contributed by atoms with E-state index in [2.05, 4.69) is 10.6 Å². The second kappa shape index (κ2) is 8.51. The van der Waals surface area contributed by atoms with Gasteiger partial charge in [-0.05, 0) is 24.6 Å². The first-order chi connectivity index (χ1) is 11.6. The molecule has 0 aromatic heterocycles. The lowest BCUT2D eigenvalue weighted by atomic mass is 10.0. The molecule has 1 aromatic carbocycles. The van der Waals surface area contributed by atoms with Crippen molar-refractivity contribution < 1.29 is 24.2 Å². The second-order valence-corrected chi connectivity index (χ2v) is 5.33. The first-order valence-corrected chi connectivity index (χ1v) is 7.84. The van der Waals surface area contributed by atoms with Crippen molar-refractivity contribution in [3.63, 3.8) is 0 Å². The van der Waals surface area contributed by atoms with Crippen LogP contribution in [0.1, 0.15) is 18.5 Å². The molecular weight excluding hydrogens is 314 g/mol. The predicted molar refractivity (Wildman–Crippen MR) is 88.5 cm³/mol. The van der Waals surface area contributed by atoms with E-state index in [-0.39, 0.29) is 6.03 Å². The molecular formula is C16H23N3O5. The molecule has 0 saturated carbocycles. The number of carbonyl (C=O) groups is 2. The zero-order valence-corrected chi connectivity index (χ0v) is 13.9. The summed E-state index contributed by atoms with van der Waals surface area (Å²) in [5, 5.41) is 14.9. The predicted octanol–water partition coefficient (Wildman–Crippen LogP) is 1.29. The lowest BCUT2D eigenvalue weighted by Crippen LogP contribution is -2.42. The molecule has 2 rings (SSSR count). The molecule has 2 amide bonds. The van der Waals surface area contributed by atoms with E-state index in [4.69, 9.17) is 9.47 Å². The molecule has 0 spiro atoms. The van der Waals surface area contributed by atoms with Gasteiger partial charge in [-0.25, -0.2) is 4.79 Å². The van der Waals surface area contributed by atoms with Gasteiger partial charge in [0.25, 0.3) is 0 Å². The highest BCUT2D eigenvalue weighted by molar-refractivity contribution is 5.91. The van der Waals surface area contributed by atoms with Crippen LogP contribution in [0.15, 0.2) is 18.2 Å². The Kier molecular flexibility index (Phi) is 6.39. The molecule has 24 heavy (non-hydrogen) atoms. The molecule has 0 radical (unpaired) electrons. The molecule has 1 aliphatic heterocycles. The molecule has 0 unspecified atom stereocenters. The van der Waals surface area contributed by atoms with Crippen molar-refractivity contribution >= 4 is 17.7 Å². The van der Waals surface area contributed by atoms with E-state index in [0.29, 0.717) is 49.8 Å². The molecule has 1 heterocycles. The van der Waals surface area contributed by atoms with E-state index < -0.39 is 12.0 Å². The fraction of sp³-hybridized carbons (Fsp3) is 0.500. The summed E-state index contributed by atoms with van der Waals surface area (Å²) in [6.45, 7) is 4.45. The van der Waals surface area contributed by atoms with Gasteiger partial charge in [-0.2, -0.15) is 0 Å². The van der Waals surface area contributed by atoms with Crippen LogP contribution in [0.4, 0.5) is 10.5 Å². The summed E-state index contributed by atoms with van der Waals surface area (Å²) in [7, 11) is 1.48. The number of nitrogens with zero attached hydrogens (tertiary/aromatic N) is 1. The zero-order chi connectivity index (χ0) is 17.5. The van der Waals surface area contributed by atoms with Crippen molar-refractivity contribution in [3.05, 3.63) is 23.8 Å². The number of ether oxygens (including phenoxy) is 2. The number of amides is 2. The molecule has 1 saturated heterocycles.